The summed E-state index contributed by atoms with van der Waals surface area (Å²) in [6.07, 6.45) is 2.08. The molecule has 0 unspecified atom stereocenters. The van der Waals surface area contributed by atoms with Gasteiger partial charge in [-0.05, 0) is 66.6 Å². The Hall–Kier alpha value is -1.70. The standard InChI is InChI=1S/C24H30F3N3S.CH4/c25-24(26,27)19-14-21(30-10-3-9-29-11-8-28)20-12-18-7-6-17(16-4-1-2-5-16)13-22(18)31-23(20)15-19;/h6-7,13-16,29-30H,1-5,8-12,28H2;1H4. The molecule has 4 N–H and O–H groups in total. The van der Waals surface area contributed by atoms with Crippen molar-refractivity contribution in [1.29, 1.82) is 0 Å². The van der Waals surface area contributed by atoms with Crippen molar-refractivity contribution in [1.82, 2.24) is 5.32 Å². The Balaban J connectivity index is 0.00000289. The first-order valence-corrected chi connectivity index (χ1v) is 12.0. The van der Waals surface area contributed by atoms with E-state index in [4.69, 9.17) is 5.73 Å². The molecule has 1 heterocycles. The number of hydrogen-bond acceptors (Lipinski definition) is 4. The Bertz CT molecular complexity index is 908. The lowest BCUT2D eigenvalue weighted by molar-refractivity contribution is -0.137. The SMILES string of the molecule is C.NCCNCCCNc1cc(C(F)(F)F)cc2c1Cc1ccc(C3CCCC3)cc1S2. The topological polar surface area (TPSA) is 50.1 Å². The van der Waals surface area contributed by atoms with E-state index in [0.29, 0.717) is 31.1 Å². The van der Waals surface area contributed by atoms with Crippen LogP contribution in [0.1, 0.15) is 67.7 Å². The van der Waals surface area contributed by atoms with Gasteiger partial charge in [-0.15, -0.1) is 0 Å². The first kappa shape index (κ1) is 24.9. The molecule has 176 valence electrons. The molecule has 0 spiro atoms. The molecule has 0 amide bonds. The number of fused-ring (bicyclic) bond motifs is 2. The van der Waals surface area contributed by atoms with Gasteiger partial charge in [0.25, 0.3) is 0 Å². The van der Waals surface area contributed by atoms with Crippen LogP contribution in [-0.2, 0) is 12.6 Å². The van der Waals surface area contributed by atoms with Crippen LogP contribution in [0.3, 0.4) is 0 Å². The predicted molar refractivity (Wildman–Crippen MR) is 128 cm³/mol. The summed E-state index contributed by atoms with van der Waals surface area (Å²) >= 11 is 1.48. The van der Waals surface area contributed by atoms with Gasteiger partial charge in [0.05, 0.1) is 5.56 Å². The number of halogens is 3. The van der Waals surface area contributed by atoms with Gasteiger partial charge in [-0.25, -0.2) is 0 Å². The van der Waals surface area contributed by atoms with Crippen LogP contribution < -0.4 is 16.4 Å². The number of anilines is 1. The largest absolute Gasteiger partial charge is 0.416 e. The second-order valence-corrected chi connectivity index (χ2v) is 9.53. The van der Waals surface area contributed by atoms with Crippen molar-refractivity contribution in [3.8, 4) is 0 Å². The average molecular weight is 466 g/mol. The van der Waals surface area contributed by atoms with E-state index in [1.54, 1.807) is 0 Å². The summed E-state index contributed by atoms with van der Waals surface area (Å²) in [4.78, 5) is 1.82. The fraction of sp³-hybridized carbons (Fsp3) is 0.520. The average Bonchev–Trinajstić information content (AvgIpc) is 3.28. The third kappa shape index (κ3) is 5.80. The minimum atomic E-state index is -4.36. The molecule has 0 bridgehead atoms. The third-order valence-corrected chi connectivity index (χ3v) is 7.39. The van der Waals surface area contributed by atoms with Gasteiger partial charge in [0.1, 0.15) is 0 Å². The van der Waals surface area contributed by atoms with E-state index >= 15 is 0 Å². The van der Waals surface area contributed by atoms with Gasteiger partial charge in [0, 0.05) is 41.5 Å². The Labute approximate surface area is 193 Å². The maximum Gasteiger partial charge on any atom is 0.416 e. The molecule has 3 nitrogen and oxygen atoms in total. The van der Waals surface area contributed by atoms with Gasteiger partial charge < -0.3 is 16.4 Å². The monoisotopic (exact) mass is 465 g/mol. The molecule has 0 atom stereocenters. The number of alkyl halides is 3. The van der Waals surface area contributed by atoms with E-state index in [2.05, 4.69) is 28.8 Å². The summed E-state index contributed by atoms with van der Waals surface area (Å²) in [5.74, 6) is 0.596. The summed E-state index contributed by atoms with van der Waals surface area (Å²) in [5, 5.41) is 6.48. The van der Waals surface area contributed by atoms with Crippen molar-refractivity contribution in [2.24, 2.45) is 5.73 Å². The van der Waals surface area contributed by atoms with Crippen LogP contribution in [0.15, 0.2) is 40.1 Å². The number of nitrogens with one attached hydrogen (secondary N) is 2. The predicted octanol–water partition coefficient (Wildman–Crippen LogP) is 6.40. The van der Waals surface area contributed by atoms with E-state index in [9.17, 15) is 13.2 Å². The normalized spacial score (nSPS) is 15.8. The van der Waals surface area contributed by atoms with Crippen LogP contribution >= 0.6 is 11.8 Å². The molecule has 0 saturated heterocycles. The van der Waals surface area contributed by atoms with Crippen molar-refractivity contribution < 1.29 is 13.2 Å². The van der Waals surface area contributed by atoms with E-state index in [1.807, 2.05) is 0 Å². The molecule has 1 fully saturated rings. The number of benzene rings is 2. The van der Waals surface area contributed by atoms with Gasteiger partial charge in [-0.3, -0.25) is 0 Å². The first-order chi connectivity index (χ1) is 15.0. The lowest BCUT2D eigenvalue weighted by Crippen LogP contribution is -2.24. The van der Waals surface area contributed by atoms with E-state index < -0.39 is 11.7 Å². The summed E-state index contributed by atoms with van der Waals surface area (Å²) in [7, 11) is 0. The maximum absolute atomic E-state index is 13.6. The van der Waals surface area contributed by atoms with Crippen LogP contribution in [0.2, 0.25) is 0 Å². The molecule has 2 aromatic carbocycles. The molecular weight excluding hydrogens is 431 g/mol. The summed E-state index contributed by atoms with van der Waals surface area (Å²) in [6.45, 7) is 2.72. The number of nitrogens with two attached hydrogens (primary N) is 1. The lowest BCUT2D eigenvalue weighted by Gasteiger charge is -2.25. The fourth-order valence-electron chi connectivity index (χ4n) is 4.54. The van der Waals surface area contributed by atoms with Gasteiger partial charge in [-0.2, -0.15) is 13.2 Å². The Kier molecular flexibility index (Phi) is 8.53. The summed E-state index contributed by atoms with van der Waals surface area (Å²) in [6, 6.07) is 9.21. The fourth-order valence-corrected chi connectivity index (χ4v) is 5.73. The highest BCUT2D eigenvalue weighted by molar-refractivity contribution is 7.99. The van der Waals surface area contributed by atoms with Crippen LogP contribution in [-0.4, -0.2) is 26.2 Å². The van der Waals surface area contributed by atoms with Gasteiger partial charge >= 0.3 is 6.18 Å². The van der Waals surface area contributed by atoms with Crippen molar-refractivity contribution in [3.63, 3.8) is 0 Å². The smallest absolute Gasteiger partial charge is 0.385 e. The number of rotatable bonds is 8. The van der Waals surface area contributed by atoms with Crippen molar-refractivity contribution in [3.05, 3.63) is 52.6 Å². The minimum absolute atomic E-state index is 0. The van der Waals surface area contributed by atoms with Crippen molar-refractivity contribution in [2.75, 3.05) is 31.5 Å². The molecule has 32 heavy (non-hydrogen) atoms. The quantitative estimate of drug-likeness (QED) is 0.337. The maximum atomic E-state index is 13.6. The molecule has 2 aromatic rings. The van der Waals surface area contributed by atoms with E-state index in [-0.39, 0.29) is 7.43 Å². The summed E-state index contributed by atoms with van der Waals surface area (Å²) < 4.78 is 40.7. The zero-order valence-corrected chi connectivity index (χ0v) is 18.5. The summed E-state index contributed by atoms with van der Waals surface area (Å²) in [5.41, 5.74) is 8.98. The second kappa shape index (κ2) is 10.9. The highest BCUT2D eigenvalue weighted by atomic mass is 32.2. The van der Waals surface area contributed by atoms with Crippen molar-refractivity contribution in [2.45, 2.75) is 67.8 Å². The van der Waals surface area contributed by atoms with Crippen LogP contribution in [0.5, 0.6) is 0 Å². The van der Waals surface area contributed by atoms with Crippen LogP contribution in [0.4, 0.5) is 18.9 Å². The minimum Gasteiger partial charge on any atom is -0.385 e. The number of hydrogen-bond donors (Lipinski definition) is 3. The van der Waals surface area contributed by atoms with Crippen LogP contribution in [0.25, 0.3) is 0 Å². The zero-order valence-electron chi connectivity index (χ0n) is 17.7. The van der Waals surface area contributed by atoms with Gasteiger partial charge in [0.15, 0.2) is 0 Å². The molecule has 0 aromatic heterocycles. The molecule has 1 aliphatic carbocycles. The van der Waals surface area contributed by atoms with E-state index in [1.165, 1.54) is 60.7 Å². The molecule has 1 aliphatic heterocycles. The highest BCUT2D eigenvalue weighted by Crippen LogP contribution is 2.47. The molecule has 0 radical (unpaired) electrons. The molecule has 7 heteroatoms. The molecule has 4 rings (SSSR count). The lowest BCUT2D eigenvalue weighted by atomic mass is 9.94. The first-order valence-electron chi connectivity index (χ1n) is 11.1. The Morgan fingerprint density at radius 3 is 2.50 bits per heavy atom. The molecule has 2 aliphatic rings. The third-order valence-electron chi connectivity index (χ3n) is 6.21. The second-order valence-electron chi connectivity index (χ2n) is 8.44. The Morgan fingerprint density at radius 1 is 1.00 bits per heavy atom. The van der Waals surface area contributed by atoms with E-state index in [0.717, 1.165) is 34.9 Å². The van der Waals surface area contributed by atoms with Gasteiger partial charge in [-0.1, -0.05) is 44.2 Å². The van der Waals surface area contributed by atoms with Crippen LogP contribution in [0, 0.1) is 0 Å². The molecule has 1 saturated carbocycles. The van der Waals surface area contributed by atoms with Gasteiger partial charge in [0.2, 0.25) is 0 Å². The van der Waals surface area contributed by atoms with Crippen molar-refractivity contribution >= 4 is 17.4 Å². The zero-order chi connectivity index (χ0) is 21.8. The Morgan fingerprint density at radius 2 is 1.78 bits per heavy atom. The molecular formula is C25H34F3N3S. The highest BCUT2D eigenvalue weighted by Gasteiger charge is 2.33.